The van der Waals surface area contributed by atoms with Crippen molar-refractivity contribution < 1.29 is 9.90 Å². The Bertz CT molecular complexity index is 626. The van der Waals surface area contributed by atoms with Gasteiger partial charge in [-0.25, -0.2) is 4.79 Å². The van der Waals surface area contributed by atoms with Gasteiger partial charge < -0.3 is 10.4 Å². The zero-order valence-electron chi connectivity index (χ0n) is 11.2. The third-order valence-electron chi connectivity index (χ3n) is 3.12. The standard InChI is InChI=1S/C16H16BrNO2/c1-2-11-4-3-5-14(8-11)18-10-13-7-6-12(16(19)20)9-15(13)17/h3-9,18H,2,10H2,1H3,(H,19,20). The number of rotatable bonds is 5. The maximum Gasteiger partial charge on any atom is 0.335 e. The number of aryl methyl sites for hydroxylation is 1. The molecule has 104 valence electrons. The molecule has 0 atom stereocenters. The first-order chi connectivity index (χ1) is 9.60. The highest BCUT2D eigenvalue weighted by atomic mass is 79.9. The molecular formula is C16H16BrNO2. The van der Waals surface area contributed by atoms with Crippen LogP contribution in [0.2, 0.25) is 0 Å². The van der Waals surface area contributed by atoms with Crippen LogP contribution in [0.25, 0.3) is 0 Å². The molecule has 0 aromatic heterocycles. The van der Waals surface area contributed by atoms with Gasteiger partial charge in [0.15, 0.2) is 0 Å². The summed E-state index contributed by atoms with van der Waals surface area (Å²) >= 11 is 3.41. The van der Waals surface area contributed by atoms with Crippen LogP contribution in [-0.4, -0.2) is 11.1 Å². The highest BCUT2D eigenvalue weighted by Crippen LogP contribution is 2.20. The monoisotopic (exact) mass is 333 g/mol. The van der Waals surface area contributed by atoms with E-state index in [1.54, 1.807) is 12.1 Å². The van der Waals surface area contributed by atoms with E-state index in [4.69, 9.17) is 5.11 Å². The van der Waals surface area contributed by atoms with Gasteiger partial charge in [-0.2, -0.15) is 0 Å². The molecule has 2 rings (SSSR count). The Morgan fingerprint density at radius 1 is 1.25 bits per heavy atom. The summed E-state index contributed by atoms with van der Waals surface area (Å²) in [6.45, 7) is 2.77. The Hall–Kier alpha value is -1.81. The van der Waals surface area contributed by atoms with Crippen LogP contribution in [0.15, 0.2) is 46.9 Å². The SMILES string of the molecule is CCc1cccc(NCc2ccc(C(=O)O)cc2Br)c1. The van der Waals surface area contributed by atoms with Crippen molar-refractivity contribution in [2.75, 3.05) is 5.32 Å². The van der Waals surface area contributed by atoms with E-state index in [9.17, 15) is 4.79 Å². The fourth-order valence-corrected chi connectivity index (χ4v) is 2.44. The second-order valence-electron chi connectivity index (χ2n) is 4.52. The van der Waals surface area contributed by atoms with Crippen molar-refractivity contribution in [2.45, 2.75) is 19.9 Å². The van der Waals surface area contributed by atoms with Gasteiger partial charge in [-0.05, 0) is 41.8 Å². The molecular weight excluding hydrogens is 318 g/mol. The number of nitrogens with one attached hydrogen (secondary N) is 1. The van der Waals surface area contributed by atoms with Gasteiger partial charge >= 0.3 is 5.97 Å². The minimum absolute atomic E-state index is 0.286. The van der Waals surface area contributed by atoms with Crippen molar-refractivity contribution in [3.63, 3.8) is 0 Å². The van der Waals surface area contributed by atoms with Gasteiger partial charge in [0.2, 0.25) is 0 Å². The predicted octanol–water partition coefficient (Wildman–Crippen LogP) is 4.32. The van der Waals surface area contributed by atoms with Crippen molar-refractivity contribution in [3.05, 3.63) is 63.6 Å². The van der Waals surface area contributed by atoms with Crippen molar-refractivity contribution in [3.8, 4) is 0 Å². The lowest BCUT2D eigenvalue weighted by atomic mass is 10.1. The molecule has 2 aromatic rings. The summed E-state index contributed by atoms with van der Waals surface area (Å²) in [4.78, 5) is 10.9. The lowest BCUT2D eigenvalue weighted by molar-refractivity contribution is 0.0697. The third-order valence-corrected chi connectivity index (χ3v) is 3.86. The summed E-state index contributed by atoms with van der Waals surface area (Å²) in [7, 11) is 0. The highest BCUT2D eigenvalue weighted by Gasteiger charge is 2.06. The van der Waals surface area contributed by atoms with Crippen molar-refractivity contribution in [1.82, 2.24) is 0 Å². The molecule has 0 aliphatic carbocycles. The Labute approximate surface area is 126 Å². The number of hydrogen-bond donors (Lipinski definition) is 2. The number of carboxylic acid groups (broad SMARTS) is 1. The van der Waals surface area contributed by atoms with Crippen LogP contribution >= 0.6 is 15.9 Å². The quantitative estimate of drug-likeness (QED) is 0.856. The zero-order chi connectivity index (χ0) is 14.5. The van der Waals surface area contributed by atoms with Crippen LogP contribution in [-0.2, 0) is 13.0 Å². The van der Waals surface area contributed by atoms with E-state index in [0.29, 0.717) is 6.54 Å². The van der Waals surface area contributed by atoms with E-state index in [-0.39, 0.29) is 5.56 Å². The van der Waals surface area contributed by atoms with Gasteiger partial charge in [-0.3, -0.25) is 0 Å². The summed E-state index contributed by atoms with van der Waals surface area (Å²) in [5.74, 6) is -0.916. The van der Waals surface area contributed by atoms with E-state index >= 15 is 0 Å². The van der Waals surface area contributed by atoms with Crippen molar-refractivity contribution >= 4 is 27.6 Å². The molecule has 0 radical (unpaired) electrons. The molecule has 0 fully saturated rings. The number of aromatic carboxylic acids is 1. The number of hydrogen-bond acceptors (Lipinski definition) is 2. The molecule has 0 aliphatic heterocycles. The van der Waals surface area contributed by atoms with Gasteiger partial charge in [-0.15, -0.1) is 0 Å². The summed E-state index contributed by atoms with van der Waals surface area (Å²) in [5, 5.41) is 12.3. The van der Waals surface area contributed by atoms with Gasteiger partial charge in [0.05, 0.1) is 5.56 Å². The fourth-order valence-electron chi connectivity index (χ4n) is 1.92. The highest BCUT2D eigenvalue weighted by molar-refractivity contribution is 9.10. The number of benzene rings is 2. The van der Waals surface area contributed by atoms with Crippen molar-refractivity contribution in [1.29, 1.82) is 0 Å². The van der Waals surface area contributed by atoms with Gasteiger partial charge in [0.25, 0.3) is 0 Å². The molecule has 2 N–H and O–H groups in total. The predicted molar refractivity (Wildman–Crippen MR) is 84.2 cm³/mol. The Morgan fingerprint density at radius 2 is 2.05 bits per heavy atom. The largest absolute Gasteiger partial charge is 0.478 e. The number of carboxylic acids is 1. The second-order valence-corrected chi connectivity index (χ2v) is 5.37. The maximum absolute atomic E-state index is 10.9. The third kappa shape index (κ3) is 3.61. The zero-order valence-corrected chi connectivity index (χ0v) is 12.8. The molecule has 0 saturated heterocycles. The first-order valence-electron chi connectivity index (χ1n) is 6.44. The topological polar surface area (TPSA) is 49.3 Å². The molecule has 0 aliphatic rings. The summed E-state index contributed by atoms with van der Waals surface area (Å²) < 4.78 is 0.802. The smallest absolute Gasteiger partial charge is 0.335 e. The molecule has 0 bridgehead atoms. The van der Waals surface area contributed by atoms with E-state index in [2.05, 4.69) is 40.3 Å². The normalized spacial score (nSPS) is 10.3. The molecule has 0 heterocycles. The Morgan fingerprint density at radius 3 is 2.70 bits per heavy atom. The molecule has 3 nitrogen and oxygen atoms in total. The average molecular weight is 334 g/mol. The summed E-state index contributed by atoms with van der Waals surface area (Å²) in [6.07, 6.45) is 1.01. The lowest BCUT2D eigenvalue weighted by Gasteiger charge is -2.10. The van der Waals surface area contributed by atoms with Crippen LogP contribution < -0.4 is 5.32 Å². The number of halogens is 1. The lowest BCUT2D eigenvalue weighted by Crippen LogP contribution is -2.02. The summed E-state index contributed by atoms with van der Waals surface area (Å²) in [6, 6.07) is 13.4. The molecule has 0 unspecified atom stereocenters. The molecule has 0 amide bonds. The van der Waals surface area contributed by atoms with Gasteiger partial charge in [0.1, 0.15) is 0 Å². The van der Waals surface area contributed by atoms with E-state index in [1.165, 1.54) is 5.56 Å². The van der Waals surface area contributed by atoms with Crippen LogP contribution in [0.3, 0.4) is 0 Å². The van der Waals surface area contributed by atoms with Crippen LogP contribution in [0.1, 0.15) is 28.4 Å². The van der Waals surface area contributed by atoms with Crippen LogP contribution in [0.4, 0.5) is 5.69 Å². The molecule has 0 spiro atoms. The Balaban J connectivity index is 2.08. The Kier molecular flexibility index (Phi) is 4.79. The molecule has 20 heavy (non-hydrogen) atoms. The van der Waals surface area contributed by atoms with Gasteiger partial charge in [0, 0.05) is 16.7 Å². The van der Waals surface area contributed by atoms with E-state index in [1.807, 2.05) is 18.2 Å². The average Bonchev–Trinajstić information content (AvgIpc) is 2.46. The van der Waals surface area contributed by atoms with E-state index < -0.39 is 5.97 Å². The molecule has 0 saturated carbocycles. The fraction of sp³-hybridized carbons (Fsp3) is 0.188. The van der Waals surface area contributed by atoms with Gasteiger partial charge in [-0.1, -0.05) is 41.1 Å². The number of anilines is 1. The molecule has 2 aromatic carbocycles. The minimum Gasteiger partial charge on any atom is -0.478 e. The first kappa shape index (κ1) is 14.6. The van der Waals surface area contributed by atoms with Crippen molar-refractivity contribution in [2.24, 2.45) is 0 Å². The minimum atomic E-state index is -0.916. The summed E-state index contributed by atoms with van der Waals surface area (Å²) in [5.41, 5.74) is 3.67. The second kappa shape index (κ2) is 6.57. The molecule has 4 heteroatoms. The van der Waals surface area contributed by atoms with Crippen LogP contribution in [0, 0.1) is 0 Å². The van der Waals surface area contributed by atoms with E-state index in [0.717, 1.165) is 22.1 Å². The van der Waals surface area contributed by atoms with Crippen LogP contribution in [0.5, 0.6) is 0 Å². The maximum atomic E-state index is 10.9. The number of carbonyl (C=O) groups is 1. The first-order valence-corrected chi connectivity index (χ1v) is 7.24.